The van der Waals surface area contributed by atoms with Crippen molar-refractivity contribution in [3.05, 3.63) is 0 Å². The number of carbonyl (C=O) groups excluding carboxylic acids is 1. The molecule has 3 fully saturated rings. The van der Waals surface area contributed by atoms with Gasteiger partial charge in [-0.15, -0.1) is 0 Å². The SMILES string of the molecule is CN1CCC(OCC(=O)N[C@@H]2C[C@@H](O)C23CCOCC3)CC1. The van der Waals surface area contributed by atoms with E-state index in [0.29, 0.717) is 19.6 Å². The van der Waals surface area contributed by atoms with Crippen LogP contribution in [-0.4, -0.2) is 74.1 Å². The van der Waals surface area contributed by atoms with E-state index in [1.165, 1.54) is 0 Å². The monoisotopic (exact) mass is 312 g/mol. The molecule has 3 rings (SSSR count). The first-order chi connectivity index (χ1) is 10.6. The Labute approximate surface area is 132 Å². The zero-order valence-corrected chi connectivity index (χ0v) is 13.4. The van der Waals surface area contributed by atoms with Crippen LogP contribution in [0.15, 0.2) is 0 Å². The summed E-state index contributed by atoms with van der Waals surface area (Å²) in [7, 11) is 2.11. The number of nitrogens with zero attached hydrogens (tertiary/aromatic N) is 1. The first kappa shape index (κ1) is 16.2. The molecule has 2 saturated heterocycles. The van der Waals surface area contributed by atoms with Crippen LogP contribution in [0.5, 0.6) is 0 Å². The number of likely N-dealkylation sites (tertiary alicyclic amines) is 1. The molecule has 6 nitrogen and oxygen atoms in total. The number of rotatable bonds is 4. The molecular formula is C16H28N2O4. The normalized spacial score (nSPS) is 32.6. The van der Waals surface area contributed by atoms with Gasteiger partial charge in [-0.2, -0.15) is 0 Å². The minimum absolute atomic E-state index is 0.0540. The number of nitrogens with one attached hydrogen (secondary N) is 1. The quantitative estimate of drug-likeness (QED) is 0.773. The molecule has 1 aliphatic carbocycles. The largest absolute Gasteiger partial charge is 0.392 e. The molecule has 6 heteroatoms. The number of ether oxygens (including phenoxy) is 2. The third kappa shape index (κ3) is 3.30. The Hall–Kier alpha value is -0.690. The van der Waals surface area contributed by atoms with Crippen molar-refractivity contribution in [1.82, 2.24) is 10.2 Å². The summed E-state index contributed by atoms with van der Waals surface area (Å²) in [4.78, 5) is 14.4. The number of hydrogen-bond donors (Lipinski definition) is 2. The molecule has 0 unspecified atom stereocenters. The highest BCUT2D eigenvalue weighted by atomic mass is 16.5. The number of hydrogen-bond acceptors (Lipinski definition) is 5. The molecule has 2 heterocycles. The summed E-state index contributed by atoms with van der Waals surface area (Å²) in [5, 5.41) is 13.2. The lowest BCUT2D eigenvalue weighted by Gasteiger charge is -2.55. The Morgan fingerprint density at radius 2 is 2.05 bits per heavy atom. The van der Waals surface area contributed by atoms with Gasteiger partial charge in [0.05, 0.1) is 12.2 Å². The molecule has 1 spiro atoms. The molecule has 126 valence electrons. The van der Waals surface area contributed by atoms with Crippen LogP contribution < -0.4 is 5.32 Å². The van der Waals surface area contributed by atoms with Crippen LogP contribution in [0, 0.1) is 5.41 Å². The van der Waals surface area contributed by atoms with Gasteiger partial charge in [0.15, 0.2) is 0 Å². The fourth-order valence-corrected chi connectivity index (χ4v) is 3.98. The van der Waals surface area contributed by atoms with Crippen molar-refractivity contribution in [3.8, 4) is 0 Å². The maximum absolute atomic E-state index is 12.1. The number of aliphatic hydroxyl groups excluding tert-OH is 1. The molecular weight excluding hydrogens is 284 g/mol. The number of aliphatic hydroxyl groups is 1. The number of carbonyl (C=O) groups is 1. The van der Waals surface area contributed by atoms with E-state index in [0.717, 1.165) is 38.8 Å². The summed E-state index contributed by atoms with van der Waals surface area (Å²) in [5.41, 5.74) is -0.165. The van der Waals surface area contributed by atoms with Crippen molar-refractivity contribution in [3.63, 3.8) is 0 Å². The van der Waals surface area contributed by atoms with E-state index in [4.69, 9.17) is 9.47 Å². The van der Waals surface area contributed by atoms with Crippen molar-refractivity contribution in [2.24, 2.45) is 5.41 Å². The van der Waals surface area contributed by atoms with Crippen LogP contribution in [0.4, 0.5) is 0 Å². The summed E-state index contributed by atoms with van der Waals surface area (Å²) in [6.45, 7) is 3.55. The summed E-state index contributed by atoms with van der Waals surface area (Å²) in [6, 6.07) is 0.0694. The van der Waals surface area contributed by atoms with Crippen molar-refractivity contribution in [1.29, 1.82) is 0 Å². The second-order valence-corrected chi connectivity index (χ2v) is 7.03. The topological polar surface area (TPSA) is 71.0 Å². The van der Waals surface area contributed by atoms with E-state index in [1.807, 2.05) is 0 Å². The second kappa shape index (κ2) is 6.83. The van der Waals surface area contributed by atoms with Gasteiger partial charge >= 0.3 is 0 Å². The fraction of sp³-hybridized carbons (Fsp3) is 0.938. The summed E-state index contributed by atoms with van der Waals surface area (Å²) in [5.74, 6) is -0.0540. The molecule has 2 N–H and O–H groups in total. The van der Waals surface area contributed by atoms with Crippen LogP contribution >= 0.6 is 0 Å². The summed E-state index contributed by atoms with van der Waals surface area (Å²) < 4.78 is 11.1. The fourth-order valence-electron chi connectivity index (χ4n) is 3.98. The van der Waals surface area contributed by atoms with Crippen LogP contribution in [0.25, 0.3) is 0 Å². The molecule has 2 atom stereocenters. The molecule has 3 aliphatic rings. The van der Waals surface area contributed by atoms with Gasteiger partial charge in [0.1, 0.15) is 6.61 Å². The molecule has 1 saturated carbocycles. The molecule has 0 aromatic heterocycles. The van der Waals surface area contributed by atoms with Gasteiger partial charge in [-0.25, -0.2) is 0 Å². The Morgan fingerprint density at radius 3 is 2.68 bits per heavy atom. The first-order valence-electron chi connectivity index (χ1n) is 8.45. The van der Waals surface area contributed by atoms with Gasteiger partial charge in [0.2, 0.25) is 5.91 Å². The Kier molecular flexibility index (Phi) is 5.02. The van der Waals surface area contributed by atoms with E-state index < -0.39 is 0 Å². The third-order valence-corrected chi connectivity index (χ3v) is 5.69. The summed E-state index contributed by atoms with van der Waals surface area (Å²) >= 11 is 0. The van der Waals surface area contributed by atoms with Gasteiger partial charge in [-0.05, 0) is 39.2 Å². The molecule has 22 heavy (non-hydrogen) atoms. The average molecular weight is 312 g/mol. The molecule has 0 aromatic carbocycles. The van der Waals surface area contributed by atoms with E-state index in [1.54, 1.807) is 0 Å². The van der Waals surface area contributed by atoms with Crippen LogP contribution in [-0.2, 0) is 14.3 Å². The predicted molar refractivity (Wildman–Crippen MR) is 81.5 cm³/mol. The highest BCUT2D eigenvalue weighted by molar-refractivity contribution is 5.77. The van der Waals surface area contributed by atoms with Crippen LogP contribution in [0.3, 0.4) is 0 Å². The van der Waals surface area contributed by atoms with Gasteiger partial charge < -0.3 is 24.8 Å². The molecule has 2 aliphatic heterocycles. The highest BCUT2D eigenvalue weighted by Crippen LogP contribution is 2.48. The smallest absolute Gasteiger partial charge is 0.246 e. The van der Waals surface area contributed by atoms with E-state index in [2.05, 4.69) is 17.3 Å². The van der Waals surface area contributed by atoms with Crippen molar-refractivity contribution < 1.29 is 19.4 Å². The van der Waals surface area contributed by atoms with E-state index >= 15 is 0 Å². The van der Waals surface area contributed by atoms with E-state index in [9.17, 15) is 9.90 Å². The lowest BCUT2D eigenvalue weighted by atomic mass is 9.58. The molecule has 0 radical (unpaired) electrons. The standard InChI is InChI=1S/C16H28N2O4/c1-18-6-2-12(3-7-18)22-11-15(20)17-13-10-14(19)16(13)4-8-21-9-5-16/h12-14,19H,2-11H2,1H3,(H,17,20)/t13-,14-/m1/s1. The number of amides is 1. The lowest BCUT2D eigenvalue weighted by Crippen LogP contribution is -2.66. The highest BCUT2D eigenvalue weighted by Gasteiger charge is 2.55. The summed E-state index contributed by atoms with van der Waals surface area (Å²) in [6.07, 6.45) is 4.19. The predicted octanol–water partition coefficient (Wildman–Crippen LogP) is 0.143. The lowest BCUT2D eigenvalue weighted by molar-refractivity contribution is -0.158. The Morgan fingerprint density at radius 1 is 1.36 bits per heavy atom. The maximum Gasteiger partial charge on any atom is 0.246 e. The minimum Gasteiger partial charge on any atom is -0.392 e. The van der Waals surface area contributed by atoms with Crippen LogP contribution in [0.1, 0.15) is 32.1 Å². The second-order valence-electron chi connectivity index (χ2n) is 7.03. The zero-order chi connectivity index (χ0) is 15.6. The Balaban J connectivity index is 1.42. The van der Waals surface area contributed by atoms with Crippen LogP contribution in [0.2, 0.25) is 0 Å². The van der Waals surface area contributed by atoms with Crippen molar-refractivity contribution in [2.75, 3.05) is 40.0 Å². The maximum atomic E-state index is 12.1. The third-order valence-electron chi connectivity index (χ3n) is 5.69. The first-order valence-corrected chi connectivity index (χ1v) is 8.45. The van der Waals surface area contributed by atoms with Gasteiger partial charge in [0, 0.05) is 37.8 Å². The van der Waals surface area contributed by atoms with Crippen molar-refractivity contribution >= 4 is 5.91 Å². The molecule has 0 aromatic rings. The Bertz CT molecular complexity index is 390. The van der Waals surface area contributed by atoms with E-state index in [-0.39, 0.29) is 36.2 Å². The van der Waals surface area contributed by atoms with Gasteiger partial charge in [-0.1, -0.05) is 0 Å². The van der Waals surface area contributed by atoms with Gasteiger partial charge in [-0.3, -0.25) is 4.79 Å². The average Bonchev–Trinajstić information content (AvgIpc) is 2.55. The molecule has 0 bridgehead atoms. The number of piperidine rings is 1. The van der Waals surface area contributed by atoms with Gasteiger partial charge in [0.25, 0.3) is 0 Å². The molecule has 1 amide bonds. The zero-order valence-electron chi connectivity index (χ0n) is 13.4. The minimum atomic E-state index is -0.309. The van der Waals surface area contributed by atoms with Crippen molar-refractivity contribution in [2.45, 2.75) is 50.4 Å².